The molecule has 1 heterocycles. The minimum Gasteiger partial charge on any atom is -0.344 e. The summed E-state index contributed by atoms with van der Waals surface area (Å²) >= 11 is 1.51. The maximum absolute atomic E-state index is 13.3. The van der Waals surface area contributed by atoms with E-state index < -0.39 is 0 Å². The molecule has 0 radical (unpaired) electrons. The first kappa shape index (κ1) is 22.5. The molecule has 0 fully saturated rings. The summed E-state index contributed by atoms with van der Waals surface area (Å²) in [5.41, 5.74) is 2.79. The van der Waals surface area contributed by atoms with Gasteiger partial charge in [0.1, 0.15) is 5.70 Å². The lowest BCUT2D eigenvalue weighted by atomic mass is 9.97. The first-order valence-electron chi connectivity index (χ1n) is 10.4. The van der Waals surface area contributed by atoms with E-state index in [1.165, 1.54) is 11.3 Å². The lowest BCUT2D eigenvalue weighted by Crippen LogP contribution is -2.37. The Bertz CT molecular complexity index is 1040. The van der Waals surface area contributed by atoms with E-state index in [2.05, 4.69) is 24.5 Å². The molecule has 0 saturated carbocycles. The Morgan fingerprint density at radius 1 is 1.00 bits per heavy atom. The number of aryl methyl sites for hydroxylation is 1. The van der Waals surface area contributed by atoms with Crippen LogP contribution < -0.4 is 10.6 Å². The maximum Gasteiger partial charge on any atom is 0.268 e. The molecular formula is C26H28N2O2S. The van der Waals surface area contributed by atoms with Gasteiger partial charge in [-0.25, -0.2) is 0 Å². The maximum atomic E-state index is 13.3. The number of hydrogen-bond donors (Lipinski definition) is 2. The summed E-state index contributed by atoms with van der Waals surface area (Å²) in [6.45, 7) is 6.19. The van der Waals surface area contributed by atoms with Gasteiger partial charge in [-0.3, -0.25) is 9.59 Å². The van der Waals surface area contributed by atoms with Crippen molar-refractivity contribution < 1.29 is 9.59 Å². The Kier molecular flexibility index (Phi) is 7.79. The molecule has 0 aliphatic heterocycles. The van der Waals surface area contributed by atoms with Gasteiger partial charge in [-0.15, -0.1) is 11.3 Å². The average Bonchev–Trinajstić information content (AvgIpc) is 3.26. The molecule has 0 aliphatic carbocycles. The standard InChI is InChI=1S/C26H28N2O2S/c1-18(2)15-23(20-10-5-4-6-11-20)27-26(30)24(17-22-13-8-14-31-22)28-25(29)21-12-7-9-19(3)16-21/h4-14,16-18,23H,15H2,1-3H3,(H,27,30)(H,28,29)/b24-17-. The summed E-state index contributed by atoms with van der Waals surface area (Å²) in [6.07, 6.45) is 2.53. The van der Waals surface area contributed by atoms with Crippen molar-refractivity contribution in [3.05, 3.63) is 99.4 Å². The molecule has 0 saturated heterocycles. The van der Waals surface area contributed by atoms with E-state index in [4.69, 9.17) is 0 Å². The first-order chi connectivity index (χ1) is 14.9. The quantitative estimate of drug-likeness (QED) is 0.447. The van der Waals surface area contributed by atoms with E-state index in [0.29, 0.717) is 11.5 Å². The highest BCUT2D eigenvalue weighted by atomic mass is 32.1. The molecule has 0 bridgehead atoms. The van der Waals surface area contributed by atoms with Crippen molar-refractivity contribution in [2.24, 2.45) is 5.92 Å². The van der Waals surface area contributed by atoms with Crippen LogP contribution in [0.25, 0.3) is 6.08 Å². The molecule has 1 atom stereocenters. The van der Waals surface area contributed by atoms with Crippen molar-refractivity contribution in [1.29, 1.82) is 0 Å². The van der Waals surface area contributed by atoms with Crippen molar-refractivity contribution in [2.75, 3.05) is 0 Å². The fraction of sp³-hybridized carbons (Fsp3) is 0.231. The van der Waals surface area contributed by atoms with Gasteiger partial charge in [-0.05, 0) is 54.5 Å². The Morgan fingerprint density at radius 2 is 1.77 bits per heavy atom. The third-order valence-corrected chi connectivity index (χ3v) is 5.64. The largest absolute Gasteiger partial charge is 0.344 e. The van der Waals surface area contributed by atoms with E-state index >= 15 is 0 Å². The molecule has 2 amide bonds. The van der Waals surface area contributed by atoms with Gasteiger partial charge in [0.05, 0.1) is 6.04 Å². The number of hydrogen-bond acceptors (Lipinski definition) is 3. The van der Waals surface area contributed by atoms with Gasteiger partial charge in [-0.2, -0.15) is 0 Å². The van der Waals surface area contributed by atoms with E-state index in [1.807, 2.05) is 73.0 Å². The molecule has 5 heteroatoms. The fourth-order valence-corrected chi connectivity index (χ4v) is 3.98. The predicted octanol–water partition coefficient (Wildman–Crippen LogP) is 5.73. The summed E-state index contributed by atoms with van der Waals surface area (Å²) < 4.78 is 0. The second kappa shape index (κ2) is 10.7. The van der Waals surface area contributed by atoms with Crippen LogP contribution in [0.15, 0.2) is 77.8 Å². The number of thiophene rings is 1. The molecule has 4 nitrogen and oxygen atoms in total. The van der Waals surface area contributed by atoms with Crippen molar-refractivity contribution in [2.45, 2.75) is 33.2 Å². The van der Waals surface area contributed by atoms with Crippen molar-refractivity contribution in [3.8, 4) is 0 Å². The monoisotopic (exact) mass is 432 g/mol. The number of carbonyl (C=O) groups excluding carboxylic acids is 2. The number of amides is 2. The van der Waals surface area contributed by atoms with Crippen LogP contribution in [-0.2, 0) is 4.79 Å². The van der Waals surface area contributed by atoms with Gasteiger partial charge in [0.15, 0.2) is 0 Å². The molecule has 3 rings (SSSR count). The van der Waals surface area contributed by atoms with Gasteiger partial charge in [-0.1, -0.05) is 67.9 Å². The summed E-state index contributed by atoms with van der Waals surface area (Å²) in [7, 11) is 0. The summed E-state index contributed by atoms with van der Waals surface area (Å²) in [4.78, 5) is 27.0. The zero-order valence-electron chi connectivity index (χ0n) is 18.1. The minimum atomic E-state index is -0.304. The predicted molar refractivity (Wildman–Crippen MR) is 128 cm³/mol. The van der Waals surface area contributed by atoms with Crippen LogP contribution in [0.3, 0.4) is 0 Å². The van der Waals surface area contributed by atoms with Crippen LogP contribution in [0, 0.1) is 12.8 Å². The van der Waals surface area contributed by atoms with Crippen molar-refractivity contribution >= 4 is 29.2 Å². The van der Waals surface area contributed by atoms with Crippen LogP contribution in [0.1, 0.15) is 52.7 Å². The third-order valence-electron chi connectivity index (χ3n) is 4.82. The minimum absolute atomic E-state index is 0.142. The fourth-order valence-electron chi connectivity index (χ4n) is 3.33. The number of benzene rings is 2. The lowest BCUT2D eigenvalue weighted by Gasteiger charge is -2.22. The van der Waals surface area contributed by atoms with E-state index in [0.717, 1.165) is 22.4 Å². The lowest BCUT2D eigenvalue weighted by molar-refractivity contribution is -0.118. The number of carbonyl (C=O) groups is 2. The molecule has 31 heavy (non-hydrogen) atoms. The Labute approximate surface area is 188 Å². The zero-order valence-corrected chi connectivity index (χ0v) is 18.9. The highest BCUT2D eigenvalue weighted by molar-refractivity contribution is 7.10. The summed E-state index contributed by atoms with van der Waals surface area (Å²) in [5, 5.41) is 7.89. The summed E-state index contributed by atoms with van der Waals surface area (Å²) in [5.74, 6) is -0.206. The van der Waals surface area contributed by atoms with Crippen LogP contribution in [0.4, 0.5) is 0 Å². The van der Waals surface area contributed by atoms with Crippen molar-refractivity contribution in [3.63, 3.8) is 0 Å². The average molecular weight is 433 g/mol. The van der Waals surface area contributed by atoms with Crippen LogP contribution in [0.5, 0.6) is 0 Å². The number of rotatable bonds is 8. The van der Waals surface area contributed by atoms with Crippen LogP contribution >= 0.6 is 11.3 Å². The van der Waals surface area contributed by atoms with E-state index in [-0.39, 0.29) is 23.6 Å². The van der Waals surface area contributed by atoms with Crippen molar-refractivity contribution in [1.82, 2.24) is 10.6 Å². The van der Waals surface area contributed by atoms with Gasteiger partial charge in [0.2, 0.25) is 0 Å². The van der Waals surface area contributed by atoms with Gasteiger partial charge in [0, 0.05) is 10.4 Å². The van der Waals surface area contributed by atoms with E-state index in [9.17, 15) is 9.59 Å². The first-order valence-corrected chi connectivity index (χ1v) is 11.3. The molecule has 160 valence electrons. The molecule has 2 N–H and O–H groups in total. The summed E-state index contributed by atoms with van der Waals surface area (Å²) in [6, 6.07) is 20.9. The molecule has 2 aromatic carbocycles. The highest BCUT2D eigenvalue weighted by Gasteiger charge is 2.20. The van der Waals surface area contributed by atoms with E-state index in [1.54, 1.807) is 12.1 Å². The second-order valence-electron chi connectivity index (χ2n) is 7.96. The van der Waals surface area contributed by atoms with Crippen LogP contribution in [0.2, 0.25) is 0 Å². The Hall–Kier alpha value is -3.18. The topological polar surface area (TPSA) is 58.2 Å². The molecule has 0 aliphatic rings. The third kappa shape index (κ3) is 6.66. The molecule has 0 spiro atoms. The smallest absolute Gasteiger partial charge is 0.268 e. The molecular weight excluding hydrogens is 404 g/mol. The van der Waals surface area contributed by atoms with Gasteiger partial charge >= 0.3 is 0 Å². The van der Waals surface area contributed by atoms with Gasteiger partial charge < -0.3 is 10.6 Å². The Balaban J connectivity index is 1.86. The normalized spacial score (nSPS) is 12.5. The van der Waals surface area contributed by atoms with Crippen LogP contribution in [-0.4, -0.2) is 11.8 Å². The number of nitrogens with one attached hydrogen (secondary N) is 2. The molecule has 3 aromatic rings. The SMILES string of the molecule is Cc1cccc(C(=O)N/C(=C\c2cccs2)C(=O)NC(CC(C)C)c2ccccc2)c1. The highest BCUT2D eigenvalue weighted by Crippen LogP contribution is 2.22. The van der Waals surface area contributed by atoms with Gasteiger partial charge in [0.25, 0.3) is 11.8 Å². The zero-order chi connectivity index (χ0) is 22.2. The Morgan fingerprint density at radius 3 is 2.42 bits per heavy atom. The second-order valence-corrected chi connectivity index (χ2v) is 8.94. The molecule has 1 aromatic heterocycles. The molecule has 1 unspecified atom stereocenters.